The van der Waals surface area contributed by atoms with Gasteiger partial charge < -0.3 is 14.9 Å². The Morgan fingerprint density at radius 2 is 1.39 bits per heavy atom. The topological polar surface area (TPSA) is 26.7 Å². The average Bonchev–Trinajstić information content (AvgIpc) is 2.63. The molecule has 2 rings (SSSR count). The van der Waals surface area contributed by atoms with Crippen LogP contribution in [0.3, 0.4) is 0 Å². The van der Waals surface area contributed by atoms with Crippen molar-refractivity contribution < 1.29 is 5.11 Å². The molecule has 2 aromatic rings. The molecular weight excluding hydrogens is 284 g/mol. The highest BCUT2D eigenvalue weighted by atomic mass is 16.3. The summed E-state index contributed by atoms with van der Waals surface area (Å²) in [5, 5.41) is 10.0. The molecule has 23 heavy (non-hydrogen) atoms. The number of anilines is 1. The molecule has 0 amide bonds. The number of hydrogen-bond acceptors (Lipinski definition) is 3. The van der Waals surface area contributed by atoms with Gasteiger partial charge in [-0.2, -0.15) is 0 Å². The first kappa shape index (κ1) is 17.5. The maximum absolute atomic E-state index is 10.0. The maximum atomic E-state index is 10.0. The predicted octanol–water partition coefficient (Wildman–Crippen LogP) is 3.57. The zero-order valence-electron chi connectivity index (χ0n) is 14.2. The molecule has 0 aliphatic heterocycles. The lowest BCUT2D eigenvalue weighted by molar-refractivity contribution is 0.252. The van der Waals surface area contributed by atoms with Crippen molar-refractivity contribution in [3.8, 4) is 0 Å². The van der Waals surface area contributed by atoms with Crippen molar-refractivity contribution in [3.05, 3.63) is 66.2 Å². The van der Waals surface area contributed by atoms with E-state index in [4.69, 9.17) is 0 Å². The molecule has 3 heteroatoms. The minimum Gasteiger partial charge on any atom is -0.394 e. The molecule has 0 saturated carbocycles. The maximum Gasteiger partial charge on any atom is 0.0774 e. The van der Waals surface area contributed by atoms with E-state index in [-0.39, 0.29) is 12.6 Å². The third kappa shape index (κ3) is 4.81. The third-order valence-electron chi connectivity index (χ3n) is 4.37. The average molecular weight is 312 g/mol. The van der Waals surface area contributed by atoms with Crippen LogP contribution in [-0.4, -0.2) is 42.8 Å². The van der Waals surface area contributed by atoms with Crippen LogP contribution in [0.4, 0.5) is 5.69 Å². The largest absolute Gasteiger partial charge is 0.394 e. The standard InChI is InChI=1S/C20H28N2O/c1-3-21(4-2)15-16-22(19-13-9-6-10-14-19)20(17-23)18-11-7-5-8-12-18/h5-14,20,23H,3-4,15-17H2,1-2H3. The van der Waals surface area contributed by atoms with Crippen LogP contribution in [0, 0.1) is 0 Å². The van der Waals surface area contributed by atoms with Gasteiger partial charge in [0, 0.05) is 18.8 Å². The number of aliphatic hydroxyl groups excluding tert-OH is 1. The fourth-order valence-corrected chi connectivity index (χ4v) is 2.93. The molecule has 124 valence electrons. The van der Waals surface area contributed by atoms with E-state index in [1.807, 2.05) is 24.3 Å². The molecule has 0 bridgehead atoms. The number of nitrogens with zero attached hydrogens (tertiary/aromatic N) is 2. The normalized spacial score (nSPS) is 12.3. The van der Waals surface area contributed by atoms with E-state index in [0.29, 0.717) is 0 Å². The first-order valence-corrected chi connectivity index (χ1v) is 8.50. The minimum absolute atomic E-state index is 0.0193. The Balaban J connectivity index is 2.25. The molecule has 0 aliphatic carbocycles. The molecule has 0 aromatic heterocycles. The van der Waals surface area contributed by atoms with Crippen molar-refractivity contribution in [2.45, 2.75) is 19.9 Å². The predicted molar refractivity (Wildman–Crippen MR) is 97.8 cm³/mol. The third-order valence-corrected chi connectivity index (χ3v) is 4.37. The van der Waals surface area contributed by atoms with Gasteiger partial charge >= 0.3 is 0 Å². The summed E-state index contributed by atoms with van der Waals surface area (Å²) in [6, 6.07) is 20.6. The van der Waals surface area contributed by atoms with E-state index >= 15 is 0 Å². The minimum atomic E-state index is -0.0193. The summed E-state index contributed by atoms with van der Waals surface area (Å²) in [4.78, 5) is 4.73. The lowest BCUT2D eigenvalue weighted by atomic mass is 10.0. The molecule has 0 heterocycles. The van der Waals surface area contributed by atoms with Crippen LogP contribution in [0.15, 0.2) is 60.7 Å². The van der Waals surface area contributed by atoms with Gasteiger partial charge in [0.2, 0.25) is 0 Å². The van der Waals surface area contributed by atoms with Gasteiger partial charge in [0.25, 0.3) is 0 Å². The summed E-state index contributed by atoms with van der Waals surface area (Å²) in [6.07, 6.45) is 0. The summed E-state index contributed by atoms with van der Waals surface area (Å²) in [6.45, 7) is 8.48. The Hall–Kier alpha value is -1.84. The number of rotatable bonds is 9. The summed E-state index contributed by atoms with van der Waals surface area (Å²) in [7, 11) is 0. The summed E-state index contributed by atoms with van der Waals surface area (Å²) in [5.74, 6) is 0. The quantitative estimate of drug-likeness (QED) is 0.767. The van der Waals surface area contributed by atoms with Crippen molar-refractivity contribution in [1.82, 2.24) is 4.90 Å². The second kappa shape index (κ2) is 9.33. The molecule has 1 unspecified atom stereocenters. The van der Waals surface area contributed by atoms with Crippen LogP contribution >= 0.6 is 0 Å². The fourth-order valence-electron chi connectivity index (χ4n) is 2.93. The zero-order valence-corrected chi connectivity index (χ0v) is 14.2. The number of likely N-dealkylation sites (N-methyl/N-ethyl adjacent to an activating group) is 1. The molecule has 0 fully saturated rings. The number of hydrogen-bond donors (Lipinski definition) is 1. The summed E-state index contributed by atoms with van der Waals surface area (Å²) < 4.78 is 0. The van der Waals surface area contributed by atoms with Crippen LogP contribution in [0.5, 0.6) is 0 Å². The van der Waals surface area contributed by atoms with E-state index in [0.717, 1.165) is 37.4 Å². The van der Waals surface area contributed by atoms with Crippen LogP contribution < -0.4 is 4.90 Å². The zero-order chi connectivity index (χ0) is 16.5. The molecule has 0 spiro atoms. The SMILES string of the molecule is CCN(CC)CCN(c1ccccc1)C(CO)c1ccccc1. The molecule has 1 atom stereocenters. The van der Waals surface area contributed by atoms with Crippen LogP contribution in [-0.2, 0) is 0 Å². The Bertz CT molecular complexity index is 540. The van der Waals surface area contributed by atoms with E-state index < -0.39 is 0 Å². The Morgan fingerprint density at radius 1 is 0.826 bits per heavy atom. The number of benzene rings is 2. The van der Waals surface area contributed by atoms with Crippen LogP contribution in [0.1, 0.15) is 25.5 Å². The molecular formula is C20H28N2O. The van der Waals surface area contributed by atoms with Crippen molar-refractivity contribution in [2.75, 3.05) is 37.7 Å². The Labute approximate surface area is 140 Å². The summed E-state index contributed by atoms with van der Waals surface area (Å²) in [5.41, 5.74) is 2.31. The molecule has 2 aromatic carbocycles. The van der Waals surface area contributed by atoms with E-state index in [9.17, 15) is 5.11 Å². The molecule has 0 aliphatic rings. The summed E-state index contributed by atoms with van der Waals surface area (Å²) >= 11 is 0. The van der Waals surface area contributed by atoms with Gasteiger partial charge in [-0.1, -0.05) is 62.4 Å². The van der Waals surface area contributed by atoms with Crippen LogP contribution in [0.25, 0.3) is 0 Å². The number of aliphatic hydroxyl groups is 1. The van der Waals surface area contributed by atoms with Gasteiger partial charge in [0.15, 0.2) is 0 Å². The van der Waals surface area contributed by atoms with E-state index in [1.54, 1.807) is 0 Å². The van der Waals surface area contributed by atoms with E-state index in [1.165, 1.54) is 0 Å². The highest BCUT2D eigenvalue weighted by Crippen LogP contribution is 2.26. The lowest BCUT2D eigenvalue weighted by Crippen LogP contribution is -2.38. The van der Waals surface area contributed by atoms with Gasteiger partial charge in [-0.05, 0) is 30.8 Å². The second-order valence-electron chi connectivity index (χ2n) is 5.66. The highest BCUT2D eigenvalue weighted by Gasteiger charge is 2.20. The van der Waals surface area contributed by atoms with E-state index in [2.05, 4.69) is 60.0 Å². The van der Waals surface area contributed by atoms with Crippen molar-refractivity contribution in [1.29, 1.82) is 0 Å². The molecule has 0 radical (unpaired) electrons. The van der Waals surface area contributed by atoms with Crippen molar-refractivity contribution >= 4 is 5.69 Å². The smallest absolute Gasteiger partial charge is 0.0774 e. The number of para-hydroxylation sites is 1. The molecule has 1 N–H and O–H groups in total. The Morgan fingerprint density at radius 3 is 1.91 bits per heavy atom. The first-order chi connectivity index (χ1) is 11.3. The Kier molecular flexibility index (Phi) is 7.11. The van der Waals surface area contributed by atoms with Crippen molar-refractivity contribution in [3.63, 3.8) is 0 Å². The highest BCUT2D eigenvalue weighted by molar-refractivity contribution is 5.49. The van der Waals surface area contributed by atoms with Crippen LogP contribution in [0.2, 0.25) is 0 Å². The van der Waals surface area contributed by atoms with Gasteiger partial charge in [-0.3, -0.25) is 0 Å². The van der Waals surface area contributed by atoms with Gasteiger partial charge in [0.1, 0.15) is 0 Å². The van der Waals surface area contributed by atoms with Crippen molar-refractivity contribution in [2.24, 2.45) is 0 Å². The molecule has 0 saturated heterocycles. The van der Waals surface area contributed by atoms with Gasteiger partial charge in [-0.15, -0.1) is 0 Å². The molecule has 3 nitrogen and oxygen atoms in total. The second-order valence-corrected chi connectivity index (χ2v) is 5.66. The fraction of sp³-hybridized carbons (Fsp3) is 0.400. The van der Waals surface area contributed by atoms with Gasteiger partial charge in [-0.25, -0.2) is 0 Å². The monoisotopic (exact) mass is 312 g/mol. The van der Waals surface area contributed by atoms with Gasteiger partial charge in [0.05, 0.1) is 12.6 Å². The first-order valence-electron chi connectivity index (χ1n) is 8.50. The lowest BCUT2D eigenvalue weighted by Gasteiger charge is -2.34.